The molecule has 0 N–H and O–H groups in total. The van der Waals surface area contributed by atoms with Crippen LogP contribution in [0.4, 0.5) is 0 Å². The topological polar surface area (TPSA) is 18.5 Å². The number of hydrogen-bond donors (Lipinski definition) is 0. The largest absolute Gasteiger partial charge is 0.497 e. The van der Waals surface area contributed by atoms with E-state index in [9.17, 15) is 0 Å². The minimum absolute atomic E-state index is 0.155. The summed E-state index contributed by atoms with van der Waals surface area (Å²) < 4.78 is 11.1. The smallest absolute Gasteiger partial charge is 0.118 e. The molecular weight excluding hydrogens is 200 g/mol. The van der Waals surface area contributed by atoms with Crippen LogP contribution in [0, 0.1) is 0 Å². The van der Waals surface area contributed by atoms with Crippen LogP contribution in [0.15, 0.2) is 36.4 Å². The van der Waals surface area contributed by atoms with E-state index < -0.39 is 0 Å². The van der Waals surface area contributed by atoms with Crippen molar-refractivity contribution >= 4 is 0 Å². The van der Waals surface area contributed by atoms with Crippen LogP contribution in [0.3, 0.4) is 0 Å². The average molecular weight is 218 g/mol. The van der Waals surface area contributed by atoms with Crippen molar-refractivity contribution in [3.63, 3.8) is 0 Å². The van der Waals surface area contributed by atoms with E-state index in [4.69, 9.17) is 9.47 Å². The molecule has 0 aromatic heterocycles. The highest BCUT2D eigenvalue weighted by Gasteiger charge is 2.22. The second-order valence-electron chi connectivity index (χ2n) is 4.37. The van der Waals surface area contributed by atoms with E-state index in [-0.39, 0.29) is 12.2 Å². The van der Waals surface area contributed by atoms with E-state index in [1.807, 2.05) is 12.1 Å². The third-order valence-electron chi connectivity index (χ3n) is 2.93. The van der Waals surface area contributed by atoms with Crippen LogP contribution in [-0.4, -0.2) is 13.2 Å². The number of hydrogen-bond acceptors (Lipinski definition) is 2. The van der Waals surface area contributed by atoms with Crippen LogP contribution in [0.2, 0.25) is 0 Å². The van der Waals surface area contributed by atoms with Crippen LogP contribution in [0.1, 0.15) is 31.4 Å². The lowest BCUT2D eigenvalue weighted by atomic mass is 9.95. The van der Waals surface area contributed by atoms with E-state index in [0.717, 1.165) is 18.6 Å². The fourth-order valence-corrected chi connectivity index (χ4v) is 2.14. The summed E-state index contributed by atoms with van der Waals surface area (Å²) in [5.41, 5.74) is 2.48. The first kappa shape index (κ1) is 11.2. The van der Waals surface area contributed by atoms with Crippen molar-refractivity contribution in [1.82, 2.24) is 0 Å². The van der Waals surface area contributed by atoms with E-state index >= 15 is 0 Å². The second-order valence-corrected chi connectivity index (χ2v) is 4.37. The summed E-state index contributed by atoms with van der Waals surface area (Å²) in [6.07, 6.45) is 2.33. The maximum absolute atomic E-state index is 5.91. The normalized spacial score (nSPS) is 25.5. The minimum Gasteiger partial charge on any atom is -0.497 e. The van der Waals surface area contributed by atoms with Crippen molar-refractivity contribution in [1.29, 1.82) is 0 Å². The van der Waals surface area contributed by atoms with Gasteiger partial charge in [0.1, 0.15) is 5.75 Å². The molecule has 0 radical (unpaired) electrons. The Morgan fingerprint density at radius 1 is 1.25 bits per heavy atom. The Hall–Kier alpha value is -1.28. The van der Waals surface area contributed by atoms with E-state index in [1.54, 1.807) is 7.11 Å². The SMILES string of the molecule is C=C1C[C@@H](c2ccc(OC)cc2)O[C@@H](C)C1. The van der Waals surface area contributed by atoms with Gasteiger partial charge in [-0.2, -0.15) is 0 Å². The molecule has 16 heavy (non-hydrogen) atoms. The molecule has 0 spiro atoms. The van der Waals surface area contributed by atoms with Crippen molar-refractivity contribution in [2.24, 2.45) is 0 Å². The summed E-state index contributed by atoms with van der Waals surface area (Å²) in [7, 11) is 1.68. The second kappa shape index (κ2) is 4.71. The third kappa shape index (κ3) is 2.45. The first-order valence-electron chi connectivity index (χ1n) is 5.65. The zero-order valence-corrected chi connectivity index (χ0v) is 9.90. The molecule has 1 fully saturated rings. The Bertz CT molecular complexity index is 367. The van der Waals surface area contributed by atoms with E-state index in [1.165, 1.54) is 11.1 Å². The maximum Gasteiger partial charge on any atom is 0.118 e. The Kier molecular flexibility index (Phi) is 3.30. The summed E-state index contributed by atoms with van der Waals surface area (Å²) in [5, 5.41) is 0. The Morgan fingerprint density at radius 3 is 2.50 bits per heavy atom. The van der Waals surface area contributed by atoms with Crippen molar-refractivity contribution in [3.05, 3.63) is 42.0 Å². The lowest BCUT2D eigenvalue weighted by Gasteiger charge is -2.29. The summed E-state index contributed by atoms with van der Waals surface area (Å²) in [6.45, 7) is 6.17. The molecule has 2 heteroatoms. The number of benzene rings is 1. The molecule has 1 aromatic carbocycles. The number of methoxy groups -OCH3 is 1. The highest BCUT2D eigenvalue weighted by Crippen LogP contribution is 2.34. The first-order valence-corrected chi connectivity index (χ1v) is 5.65. The molecule has 1 aromatic rings. The van der Waals surface area contributed by atoms with Gasteiger partial charge in [-0.1, -0.05) is 24.3 Å². The Labute approximate surface area is 96.9 Å². The van der Waals surface area contributed by atoms with Gasteiger partial charge in [0.2, 0.25) is 0 Å². The average Bonchev–Trinajstić information content (AvgIpc) is 2.28. The molecule has 0 saturated carbocycles. The molecule has 0 unspecified atom stereocenters. The molecule has 0 aliphatic carbocycles. The van der Waals surface area contributed by atoms with Crippen LogP contribution in [-0.2, 0) is 4.74 Å². The minimum atomic E-state index is 0.155. The summed E-state index contributed by atoms with van der Waals surface area (Å²) in [5.74, 6) is 0.881. The zero-order valence-electron chi connectivity index (χ0n) is 9.90. The van der Waals surface area contributed by atoms with Crippen molar-refractivity contribution in [3.8, 4) is 5.75 Å². The van der Waals surface area contributed by atoms with Crippen LogP contribution >= 0.6 is 0 Å². The van der Waals surface area contributed by atoms with Crippen LogP contribution in [0.25, 0.3) is 0 Å². The molecule has 2 nitrogen and oxygen atoms in total. The fourth-order valence-electron chi connectivity index (χ4n) is 2.14. The summed E-state index contributed by atoms with van der Waals surface area (Å²) in [6, 6.07) is 8.07. The van der Waals surface area contributed by atoms with E-state index in [0.29, 0.717) is 0 Å². The quantitative estimate of drug-likeness (QED) is 0.707. The molecule has 0 amide bonds. The van der Waals surface area contributed by atoms with Gasteiger partial charge >= 0.3 is 0 Å². The molecule has 86 valence electrons. The standard InChI is InChI=1S/C14H18O2/c1-10-8-11(2)16-14(9-10)12-4-6-13(15-3)7-5-12/h4-7,11,14H,1,8-9H2,2-3H3/t11-,14-/m0/s1. The van der Waals surface area contributed by atoms with Crippen molar-refractivity contribution < 1.29 is 9.47 Å². The van der Waals surface area contributed by atoms with Crippen LogP contribution < -0.4 is 4.74 Å². The number of ether oxygens (including phenoxy) is 2. The molecule has 2 rings (SSSR count). The van der Waals surface area contributed by atoms with Gasteiger partial charge in [-0.15, -0.1) is 0 Å². The first-order chi connectivity index (χ1) is 7.69. The molecule has 2 atom stereocenters. The third-order valence-corrected chi connectivity index (χ3v) is 2.93. The predicted molar refractivity (Wildman–Crippen MR) is 64.7 cm³/mol. The molecule has 1 aliphatic rings. The Morgan fingerprint density at radius 2 is 1.94 bits per heavy atom. The van der Waals surface area contributed by atoms with E-state index in [2.05, 4.69) is 25.6 Å². The van der Waals surface area contributed by atoms with Gasteiger partial charge in [-0.3, -0.25) is 0 Å². The molecular formula is C14H18O2. The highest BCUT2D eigenvalue weighted by molar-refractivity contribution is 5.29. The lowest BCUT2D eigenvalue weighted by molar-refractivity contribution is -0.0224. The van der Waals surface area contributed by atoms with Gasteiger partial charge in [0.25, 0.3) is 0 Å². The van der Waals surface area contributed by atoms with Gasteiger partial charge in [-0.05, 0) is 37.5 Å². The highest BCUT2D eigenvalue weighted by atomic mass is 16.5. The summed E-state index contributed by atoms with van der Waals surface area (Å²) in [4.78, 5) is 0. The molecule has 1 aliphatic heterocycles. The predicted octanol–water partition coefficient (Wildman–Crippen LogP) is 3.49. The van der Waals surface area contributed by atoms with Gasteiger partial charge < -0.3 is 9.47 Å². The molecule has 1 heterocycles. The van der Waals surface area contributed by atoms with Gasteiger partial charge in [0.05, 0.1) is 19.3 Å². The van der Waals surface area contributed by atoms with Gasteiger partial charge in [-0.25, -0.2) is 0 Å². The van der Waals surface area contributed by atoms with Crippen LogP contribution in [0.5, 0.6) is 5.75 Å². The maximum atomic E-state index is 5.91. The van der Waals surface area contributed by atoms with Crippen molar-refractivity contribution in [2.45, 2.75) is 32.0 Å². The Balaban J connectivity index is 2.13. The molecule has 1 saturated heterocycles. The molecule has 0 bridgehead atoms. The summed E-state index contributed by atoms with van der Waals surface area (Å²) >= 11 is 0. The monoisotopic (exact) mass is 218 g/mol. The fraction of sp³-hybridized carbons (Fsp3) is 0.429. The van der Waals surface area contributed by atoms with Crippen molar-refractivity contribution in [2.75, 3.05) is 7.11 Å². The van der Waals surface area contributed by atoms with Gasteiger partial charge in [0.15, 0.2) is 0 Å². The van der Waals surface area contributed by atoms with Gasteiger partial charge in [0, 0.05) is 0 Å². The zero-order chi connectivity index (χ0) is 11.5. The number of rotatable bonds is 2. The lowest BCUT2D eigenvalue weighted by Crippen LogP contribution is -2.20.